The number of rotatable bonds is 7. The minimum atomic E-state index is -0.418. The number of amides is 1. The first-order valence-electron chi connectivity index (χ1n) is 9.63. The number of hydrogen-bond donors (Lipinski definition) is 1. The molecule has 0 saturated heterocycles. The van der Waals surface area contributed by atoms with Gasteiger partial charge in [-0.3, -0.25) is 9.48 Å². The quantitative estimate of drug-likeness (QED) is 0.351. The van der Waals surface area contributed by atoms with Crippen LogP contribution in [0.2, 0.25) is 10.0 Å². The predicted molar refractivity (Wildman–Crippen MR) is 120 cm³/mol. The van der Waals surface area contributed by atoms with Gasteiger partial charge in [0.15, 0.2) is 5.76 Å². The molecule has 0 atom stereocenters. The number of carbonyl (C=O) groups is 1. The van der Waals surface area contributed by atoms with Crippen LogP contribution in [0.4, 0.5) is 10.1 Å². The highest BCUT2D eigenvalue weighted by atomic mass is 35.5. The molecule has 2 heterocycles. The number of furan rings is 1. The van der Waals surface area contributed by atoms with Crippen LogP contribution >= 0.6 is 23.2 Å². The van der Waals surface area contributed by atoms with E-state index >= 15 is 0 Å². The van der Waals surface area contributed by atoms with E-state index in [4.69, 9.17) is 32.4 Å². The summed E-state index contributed by atoms with van der Waals surface area (Å²) in [7, 11) is 0. The molecule has 0 spiro atoms. The van der Waals surface area contributed by atoms with Crippen LogP contribution in [0.3, 0.4) is 0 Å². The van der Waals surface area contributed by atoms with E-state index in [9.17, 15) is 9.18 Å². The van der Waals surface area contributed by atoms with Crippen molar-refractivity contribution >= 4 is 34.8 Å². The van der Waals surface area contributed by atoms with Crippen molar-refractivity contribution in [2.75, 3.05) is 5.32 Å². The third kappa shape index (κ3) is 5.30. The highest BCUT2D eigenvalue weighted by molar-refractivity contribution is 6.31. The van der Waals surface area contributed by atoms with Crippen molar-refractivity contribution in [2.24, 2.45) is 0 Å². The molecule has 6 nitrogen and oxygen atoms in total. The number of ether oxygens (including phenoxy) is 1. The predicted octanol–water partition coefficient (Wildman–Crippen LogP) is 6.11. The summed E-state index contributed by atoms with van der Waals surface area (Å²) in [5, 5.41) is 7.87. The van der Waals surface area contributed by atoms with Crippen LogP contribution in [-0.2, 0) is 13.2 Å². The molecule has 1 amide bonds. The van der Waals surface area contributed by atoms with Crippen LogP contribution in [-0.4, -0.2) is 15.7 Å². The number of carbonyl (C=O) groups excluding carboxylic acids is 1. The summed E-state index contributed by atoms with van der Waals surface area (Å²) in [5.74, 6) is 0.513. The normalized spacial score (nSPS) is 10.9. The molecule has 1 N–H and O–H groups in total. The molecule has 4 aromatic rings. The van der Waals surface area contributed by atoms with Crippen LogP contribution in [0.1, 0.15) is 27.4 Å². The van der Waals surface area contributed by atoms with Gasteiger partial charge in [-0.2, -0.15) is 5.10 Å². The summed E-state index contributed by atoms with van der Waals surface area (Å²) in [4.78, 5) is 12.5. The van der Waals surface area contributed by atoms with E-state index in [1.165, 1.54) is 18.3 Å². The van der Waals surface area contributed by atoms with Gasteiger partial charge in [0.2, 0.25) is 0 Å². The zero-order chi connectivity index (χ0) is 22.7. The fourth-order valence-corrected chi connectivity index (χ4v) is 3.49. The first-order valence-corrected chi connectivity index (χ1v) is 10.4. The first kappa shape index (κ1) is 21.9. The molecule has 0 aliphatic carbocycles. The molecule has 0 aliphatic heterocycles. The minimum absolute atomic E-state index is 0.144. The fourth-order valence-electron chi connectivity index (χ4n) is 3.03. The maximum absolute atomic E-state index is 13.2. The van der Waals surface area contributed by atoms with E-state index in [1.54, 1.807) is 41.2 Å². The number of hydrogen-bond acceptors (Lipinski definition) is 4. The van der Waals surface area contributed by atoms with Gasteiger partial charge in [0, 0.05) is 16.2 Å². The minimum Gasteiger partial charge on any atom is -0.485 e. The van der Waals surface area contributed by atoms with Crippen LogP contribution < -0.4 is 10.1 Å². The Kier molecular flexibility index (Phi) is 6.48. The Labute approximate surface area is 193 Å². The monoisotopic (exact) mass is 473 g/mol. The lowest BCUT2D eigenvalue weighted by molar-refractivity contribution is 0.0992. The molecule has 2 aromatic heterocycles. The van der Waals surface area contributed by atoms with Crippen molar-refractivity contribution in [1.82, 2.24) is 9.78 Å². The highest BCUT2D eigenvalue weighted by Gasteiger charge is 2.14. The molecule has 0 unspecified atom stereocenters. The second-order valence-corrected chi connectivity index (χ2v) is 7.92. The van der Waals surface area contributed by atoms with E-state index in [1.807, 2.05) is 13.0 Å². The van der Waals surface area contributed by atoms with Crippen molar-refractivity contribution in [3.8, 4) is 5.75 Å². The zero-order valence-corrected chi connectivity index (χ0v) is 18.5. The standard InChI is InChI=1S/C23H18Cl2FN3O3/c1-14-8-16(24)3-6-21(14)31-13-19-5-7-22(32-19)23(30)28-18-10-27-29(12-18)11-15-2-4-17(26)9-20(15)25/h2-10,12H,11,13H2,1H3,(H,28,30). The zero-order valence-electron chi connectivity index (χ0n) is 16.9. The molecular weight excluding hydrogens is 456 g/mol. The Morgan fingerprint density at radius 2 is 2.03 bits per heavy atom. The fraction of sp³-hybridized carbons (Fsp3) is 0.130. The van der Waals surface area contributed by atoms with Crippen LogP contribution in [0.5, 0.6) is 5.75 Å². The molecule has 0 radical (unpaired) electrons. The number of anilines is 1. The topological polar surface area (TPSA) is 69.3 Å². The second-order valence-electron chi connectivity index (χ2n) is 7.08. The number of aryl methyl sites for hydroxylation is 1. The maximum Gasteiger partial charge on any atom is 0.291 e. The average Bonchev–Trinajstić information content (AvgIpc) is 3.39. The Morgan fingerprint density at radius 1 is 1.19 bits per heavy atom. The first-order chi connectivity index (χ1) is 15.4. The summed E-state index contributed by atoms with van der Waals surface area (Å²) in [5.41, 5.74) is 2.10. The highest BCUT2D eigenvalue weighted by Crippen LogP contribution is 2.23. The number of nitrogens with zero attached hydrogens (tertiary/aromatic N) is 2. The van der Waals surface area contributed by atoms with Crippen LogP contribution in [0.15, 0.2) is 65.3 Å². The van der Waals surface area contributed by atoms with Gasteiger partial charge in [-0.05, 0) is 60.5 Å². The van der Waals surface area contributed by atoms with Crippen molar-refractivity contribution in [2.45, 2.75) is 20.1 Å². The Morgan fingerprint density at radius 3 is 2.81 bits per heavy atom. The largest absolute Gasteiger partial charge is 0.485 e. The van der Waals surface area contributed by atoms with Gasteiger partial charge in [0.1, 0.15) is 23.9 Å². The smallest absolute Gasteiger partial charge is 0.291 e. The third-order valence-corrected chi connectivity index (χ3v) is 5.22. The summed E-state index contributed by atoms with van der Waals surface area (Å²) >= 11 is 12.0. The summed E-state index contributed by atoms with van der Waals surface area (Å²) < 4.78 is 26.1. The molecule has 32 heavy (non-hydrogen) atoms. The van der Waals surface area contributed by atoms with Crippen molar-refractivity contribution in [1.29, 1.82) is 0 Å². The van der Waals surface area contributed by atoms with Gasteiger partial charge in [0.05, 0.1) is 18.4 Å². The van der Waals surface area contributed by atoms with Gasteiger partial charge in [-0.1, -0.05) is 29.3 Å². The SMILES string of the molecule is Cc1cc(Cl)ccc1OCc1ccc(C(=O)Nc2cnn(Cc3ccc(F)cc3Cl)c2)o1. The molecule has 0 bridgehead atoms. The van der Waals surface area contributed by atoms with Crippen molar-refractivity contribution in [3.05, 3.63) is 99.4 Å². The second kappa shape index (κ2) is 9.46. The van der Waals surface area contributed by atoms with Gasteiger partial charge in [0.25, 0.3) is 5.91 Å². The Hall–Kier alpha value is -3.29. The molecule has 164 valence electrons. The number of halogens is 3. The lowest BCUT2D eigenvalue weighted by Crippen LogP contribution is -2.10. The summed E-state index contributed by atoms with van der Waals surface area (Å²) in [6.07, 6.45) is 3.15. The lowest BCUT2D eigenvalue weighted by atomic mass is 10.2. The van der Waals surface area contributed by atoms with Gasteiger partial charge >= 0.3 is 0 Å². The van der Waals surface area contributed by atoms with Crippen LogP contribution in [0, 0.1) is 12.7 Å². The number of nitrogens with one attached hydrogen (secondary N) is 1. The maximum atomic E-state index is 13.2. The molecule has 4 rings (SSSR count). The molecule has 0 fully saturated rings. The van der Waals surface area contributed by atoms with Crippen LogP contribution in [0.25, 0.3) is 0 Å². The Bertz CT molecular complexity index is 1270. The summed E-state index contributed by atoms with van der Waals surface area (Å²) in [6.45, 7) is 2.40. The lowest BCUT2D eigenvalue weighted by Gasteiger charge is -2.07. The molecule has 0 aliphatic rings. The molecule has 0 saturated carbocycles. The van der Waals surface area contributed by atoms with Gasteiger partial charge in [-0.15, -0.1) is 0 Å². The average molecular weight is 474 g/mol. The van der Waals surface area contributed by atoms with Gasteiger partial charge in [-0.25, -0.2) is 4.39 Å². The molecule has 9 heteroatoms. The van der Waals surface area contributed by atoms with E-state index in [0.29, 0.717) is 39.4 Å². The molecule has 2 aromatic carbocycles. The van der Waals surface area contributed by atoms with Gasteiger partial charge < -0.3 is 14.5 Å². The molecular formula is C23H18Cl2FN3O3. The number of aromatic nitrogens is 2. The van der Waals surface area contributed by atoms with E-state index in [-0.39, 0.29) is 12.4 Å². The summed E-state index contributed by atoms with van der Waals surface area (Å²) in [6, 6.07) is 12.8. The Balaban J connectivity index is 1.35. The number of benzene rings is 2. The van der Waals surface area contributed by atoms with Crippen molar-refractivity contribution in [3.63, 3.8) is 0 Å². The third-order valence-electron chi connectivity index (χ3n) is 4.63. The van der Waals surface area contributed by atoms with E-state index in [0.717, 1.165) is 5.56 Å². The van der Waals surface area contributed by atoms with Crippen molar-refractivity contribution < 1.29 is 18.3 Å². The van der Waals surface area contributed by atoms with E-state index in [2.05, 4.69) is 10.4 Å². The van der Waals surface area contributed by atoms with E-state index < -0.39 is 11.7 Å².